The third-order valence-corrected chi connectivity index (χ3v) is 4.69. The van der Waals surface area contributed by atoms with Gasteiger partial charge in [-0.15, -0.1) is 0 Å². The summed E-state index contributed by atoms with van der Waals surface area (Å²) < 4.78 is 3.61. The summed E-state index contributed by atoms with van der Waals surface area (Å²) in [6.45, 7) is 2.50. The van der Waals surface area contributed by atoms with Gasteiger partial charge in [-0.25, -0.2) is 9.97 Å². The second-order valence-corrected chi connectivity index (χ2v) is 6.22. The van der Waals surface area contributed by atoms with Crippen LogP contribution in [0.2, 0.25) is 0 Å². The summed E-state index contributed by atoms with van der Waals surface area (Å²) in [7, 11) is 4.12. The first-order valence-electron chi connectivity index (χ1n) is 8.04. The number of piperazine rings is 1. The monoisotopic (exact) mass is 324 g/mol. The van der Waals surface area contributed by atoms with Crippen molar-refractivity contribution in [1.29, 1.82) is 0 Å². The molecule has 0 aromatic carbocycles. The van der Waals surface area contributed by atoms with E-state index in [9.17, 15) is 4.79 Å². The molecule has 0 bridgehead atoms. The van der Waals surface area contributed by atoms with Crippen molar-refractivity contribution in [2.45, 2.75) is 6.04 Å². The zero-order chi connectivity index (χ0) is 16.7. The van der Waals surface area contributed by atoms with Crippen molar-refractivity contribution >= 4 is 11.5 Å². The van der Waals surface area contributed by atoms with E-state index in [-0.39, 0.29) is 11.6 Å². The maximum Gasteiger partial charge on any atom is 0.259 e. The Hall–Kier alpha value is -2.67. The maximum atomic E-state index is 12.3. The number of nitrogens with zero attached hydrogens (tertiary/aromatic N) is 6. The fourth-order valence-corrected chi connectivity index (χ4v) is 3.26. The van der Waals surface area contributed by atoms with Gasteiger partial charge in [-0.05, 0) is 19.2 Å². The van der Waals surface area contributed by atoms with E-state index < -0.39 is 0 Å². The number of imidazole rings is 1. The van der Waals surface area contributed by atoms with Crippen molar-refractivity contribution in [2.24, 2.45) is 7.05 Å². The number of fused-ring (bicyclic) bond motifs is 1. The van der Waals surface area contributed by atoms with Crippen LogP contribution in [0, 0.1) is 0 Å². The van der Waals surface area contributed by atoms with Crippen LogP contribution in [-0.4, -0.2) is 50.5 Å². The number of aryl methyl sites for hydroxylation is 1. The van der Waals surface area contributed by atoms with Gasteiger partial charge < -0.3 is 9.47 Å². The molecular weight excluding hydrogens is 304 g/mol. The Labute approximate surface area is 139 Å². The fourth-order valence-electron chi connectivity index (χ4n) is 3.26. The third kappa shape index (κ3) is 2.46. The molecule has 0 N–H and O–H groups in total. The summed E-state index contributed by atoms with van der Waals surface area (Å²) >= 11 is 0. The summed E-state index contributed by atoms with van der Waals surface area (Å²) in [5, 5.41) is 0. The SMILES string of the molecule is CN1CCN(c2cc(=O)n3ccccc3n2)CC1c1nccn1C. The Morgan fingerprint density at radius 1 is 1.17 bits per heavy atom. The van der Waals surface area contributed by atoms with E-state index >= 15 is 0 Å². The highest BCUT2D eigenvalue weighted by atomic mass is 16.1. The number of likely N-dealkylation sites (N-methyl/N-ethyl adjacent to an activating group) is 1. The third-order valence-electron chi connectivity index (χ3n) is 4.69. The molecule has 0 radical (unpaired) electrons. The van der Waals surface area contributed by atoms with E-state index in [0.717, 1.165) is 31.3 Å². The summed E-state index contributed by atoms with van der Waals surface area (Å²) in [4.78, 5) is 26.0. The minimum absolute atomic E-state index is 0.0527. The van der Waals surface area contributed by atoms with Crippen molar-refractivity contribution in [3.05, 3.63) is 59.0 Å². The zero-order valence-corrected chi connectivity index (χ0v) is 13.8. The molecule has 0 amide bonds. The average molecular weight is 324 g/mol. The van der Waals surface area contributed by atoms with Gasteiger partial charge in [0.15, 0.2) is 0 Å². The largest absolute Gasteiger partial charge is 0.353 e. The molecule has 3 aromatic rings. The van der Waals surface area contributed by atoms with E-state index in [0.29, 0.717) is 5.65 Å². The Balaban J connectivity index is 1.70. The number of pyridine rings is 1. The summed E-state index contributed by atoms with van der Waals surface area (Å²) in [6, 6.07) is 7.38. The lowest BCUT2D eigenvalue weighted by atomic mass is 10.1. The molecule has 24 heavy (non-hydrogen) atoms. The maximum absolute atomic E-state index is 12.3. The standard InChI is InChI=1S/C17H20N6O/c1-20-9-10-22(12-13(20)17-18-6-8-21(17)2)15-11-16(24)23-7-4-3-5-14(23)19-15/h3-8,11,13H,9-10,12H2,1-2H3. The van der Waals surface area contributed by atoms with Crippen LogP contribution in [0.4, 0.5) is 5.82 Å². The molecule has 0 saturated carbocycles. The quantitative estimate of drug-likeness (QED) is 0.702. The lowest BCUT2D eigenvalue weighted by Crippen LogP contribution is -2.48. The molecule has 7 nitrogen and oxygen atoms in total. The van der Waals surface area contributed by atoms with Crippen LogP contribution >= 0.6 is 0 Å². The molecule has 1 aliphatic heterocycles. The number of aromatic nitrogens is 4. The van der Waals surface area contributed by atoms with Crippen molar-refractivity contribution in [1.82, 2.24) is 23.8 Å². The number of rotatable bonds is 2. The number of hydrogen-bond donors (Lipinski definition) is 0. The molecule has 1 atom stereocenters. The summed E-state index contributed by atoms with van der Waals surface area (Å²) in [6.07, 6.45) is 5.53. The number of anilines is 1. The summed E-state index contributed by atoms with van der Waals surface area (Å²) in [5.41, 5.74) is 0.621. The Morgan fingerprint density at radius 3 is 2.83 bits per heavy atom. The van der Waals surface area contributed by atoms with Gasteiger partial charge in [0, 0.05) is 51.3 Å². The first kappa shape index (κ1) is 14.9. The van der Waals surface area contributed by atoms with E-state index in [1.165, 1.54) is 0 Å². The minimum Gasteiger partial charge on any atom is -0.353 e. The highest BCUT2D eigenvalue weighted by molar-refractivity contribution is 5.48. The Morgan fingerprint density at radius 2 is 2.04 bits per heavy atom. The van der Waals surface area contributed by atoms with Gasteiger partial charge in [0.1, 0.15) is 17.3 Å². The molecule has 1 saturated heterocycles. The fraction of sp³-hybridized carbons (Fsp3) is 0.353. The molecular formula is C17H20N6O. The molecule has 4 heterocycles. The molecule has 1 fully saturated rings. The van der Waals surface area contributed by atoms with Crippen molar-refractivity contribution in [3.8, 4) is 0 Å². The molecule has 4 rings (SSSR count). The smallest absolute Gasteiger partial charge is 0.259 e. The topological polar surface area (TPSA) is 58.7 Å². The lowest BCUT2D eigenvalue weighted by molar-refractivity contribution is 0.209. The average Bonchev–Trinajstić information content (AvgIpc) is 3.01. The number of hydrogen-bond acceptors (Lipinski definition) is 5. The zero-order valence-electron chi connectivity index (χ0n) is 13.8. The van der Waals surface area contributed by atoms with E-state index in [2.05, 4.69) is 26.8 Å². The van der Waals surface area contributed by atoms with Crippen molar-refractivity contribution in [2.75, 3.05) is 31.6 Å². The van der Waals surface area contributed by atoms with E-state index in [4.69, 9.17) is 0 Å². The highest BCUT2D eigenvalue weighted by Gasteiger charge is 2.29. The molecule has 1 unspecified atom stereocenters. The van der Waals surface area contributed by atoms with Crippen LogP contribution in [0.15, 0.2) is 47.7 Å². The van der Waals surface area contributed by atoms with Gasteiger partial charge in [0.2, 0.25) is 0 Å². The second-order valence-electron chi connectivity index (χ2n) is 6.22. The minimum atomic E-state index is -0.0527. The van der Waals surface area contributed by atoms with Crippen LogP contribution in [0.25, 0.3) is 5.65 Å². The predicted octanol–water partition coefficient (Wildman–Crippen LogP) is 0.921. The van der Waals surface area contributed by atoms with Gasteiger partial charge in [-0.3, -0.25) is 14.1 Å². The van der Waals surface area contributed by atoms with Gasteiger partial charge in [0.25, 0.3) is 5.56 Å². The van der Waals surface area contributed by atoms with E-state index in [1.807, 2.05) is 42.2 Å². The first-order chi connectivity index (χ1) is 11.6. The van der Waals surface area contributed by atoms with Gasteiger partial charge in [-0.1, -0.05) is 6.07 Å². The lowest BCUT2D eigenvalue weighted by Gasteiger charge is -2.39. The first-order valence-corrected chi connectivity index (χ1v) is 8.04. The van der Waals surface area contributed by atoms with Gasteiger partial charge in [0.05, 0.1) is 6.04 Å². The van der Waals surface area contributed by atoms with Crippen molar-refractivity contribution in [3.63, 3.8) is 0 Å². The van der Waals surface area contributed by atoms with Crippen LogP contribution in [0.5, 0.6) is 0 Å². The van der Waals surface area contributed by atoms with Crippen LogP contribution in [0.3, 0.4) is 0 Å². The normalized spacial score (nSPS) is 19.1. The van der Waals surface area contributed by atoms with Crippen LogP contribution in [0.1, 0.15) is 11.9 Å². The Kier molecular flexibility index (Phi) is 3.57. The molecule has 3 aromatic heterocycles. The molecule has 7 heteroatoms. The molecule has 124 valence electrons. The highest BCUT2D eigenvalue weighted by Crippen LogP contribution is 2.25. The molecule has 0 spiro atoms. The predicted molar refractivity (Wildman–Crippen MR) is 92.3 cm³/mol. The molecule has 0 aliphatic carbocycles. The van der Waals surface area contributed by atoms with Crippen LogP contribution < -0.4 is 10.5 Å². The Bertz CT molecular complexity index is 930. The second kappa shape index (κ2) is 5.76. The van der Waals surface area contributed by atoms with Crippen LogP contribution in [-0.2, 0) is 7.05 Å². The summed E-state index contributed by atoms with van der Waals surface area (Å²) in [5.74, 6) is 1.76. The van der Waals surface area contributed by atoms with Crippen molar-refractivity contribution < 1.29 is 0 Å². The molecule has 1 aliphatic rings. The van der Waals surface area contributed by atoms with E-state index in [1.54, 1.807) is 16.7 Å². The van der Waals surface area contributed by atoms with Gasteiger partial charge >= 0.3 is 0 Å². The van der Waals surface area contributed by atoms with Gasteiger partial charge in [-0.2, -0.15) is 0 Å².